The van der Waals surface area contributed by atoms with Crippen LogP contribution in [0.3, 0.4) is 0 Å². The van der Waals surface area contributed by atoms with E-state index < -0.39 is 11.7 Å². The van der Waals surface area contributed by atoms with Gasteiger partial charge in [0.2, 0.25) is 0 Å². The van der Waals surface area contributed by atoms with Crippen molar-refractivity contribution in [2.24, 2.45) is 5.92 Å². The minimum Gasteiger partial charge on any atom is -0.390 e. The molecule has 1 aliphatic rings. The molecule has 1 fully saturated rings. The third-order valence-corrected chi connectivity index (χ3v) is 2.94. The summed E-state index contributed by atoms with van der Waals surface area (Å²) in [6, 6.07) is 0. The van der Waals surface area contributed by atoms with Crippen molar-refractivity contribution in [2.75, 3.05) is 0 Å². The van der Waals surface area contributed by atoms with E-state index in [1.54, 1.807) is 0 Å². The van der Waals surface area contributed by atoms with Crippen molar-refractivity contribution in [3.05, 3.63) is 0 Å². The van der Waals surface area contributed by atoms with E-state index in [0.717, 1.165) is 25.7 Å². The Balaban J connectivity index is 2.50. The lowest BCUT2D eigenvalue weighted by Crippen LogP contribution is -2.59. The molecular weight excluding hydrogens is 140 g/mol. The molecule has 11 heavy (non-hydrogen) atoms. The lowest BCUT2D eigenvalue weighted by molar-refractivity contribution is -0.196. The average Bonchev–Trinajstić information content (AvgIpc) is 2.00. The maximum atomic E-state index is 9.89. The average molecular weight is 158 g/mol. The molecule has 0 aliphatic heterocycles. The summed E-state index contributed by atoms with van der Waals surface area (Å²) >= 11 is 0. The van der Waals surface area contributed by atoms with Crippen LogP contribution in [0.15, 0.2) is 0 Å². The van der Waals surface area contributed by atoms with E-state index >= 15 is 0 Å². The van der Waals surface area contributed by atoms with Crippen LogP contribution in [-0.4, -0.2) is 21.9 Å². The second-order valence-electron chi connectivity index (χ2n) is 3.60. The van der Waals surface area contributed by atoms with Gasteiger partial charge in [-0.05, 0) is 18.8 Å². The molecule has 1 rings (SSSR count). The SMILES string of the molecule is CCC[C@]1(O)[C@@H](CC)C[C@H]1O. The predicted molar refractivity (Wildman–Crippen MR) is 44.3 cm³/mol. The fourth-order valence-corrected chi connectivity index (χ4v) is 2.08. The quantitative estimate of drug-likeness (QED) is 0.650. The zero-order valence-electron chi connectivity index (χ0n) is 7.38. The van der Waals surface area contributed by atoms with E-state index in [-0.39, 0.29) is 0 Å². The number of hydrogen-bond donors (Lipinski definition) is 2. The van der Waals surface area contributed by atoms with Crippen molar-refractivity contribution in [2.45, 2.75) is 51.2 Å². The summed E-state index contributed by atoms with van der Waals surface area (Å²) in [5, 5.41) is 19.2. The highest BCUT2D eigenvalue weighted by atomic mass is 16.3. The molecule has 0 radical (unpaired) electrons. The van der Waals surface area contributed by atoms with E-state index in [9.17, 15) is 10.2 Å². The van der Waals surface area contributed by atoms with Crippen LogP contribution in [0, 0.1) is 5.92 Å². The maximum Gasteiger partial charge on any atom is 0.0934 e. The molecule has 0 saturated heterocycles. The summed E-state index contributed by atoms with van der Waals surface area (Å²) < 4.78 is 0. The smallest absolute Gasteiger partial charge is 0.0934 e. The Labute approximate surface area is 68.2 Å². The standard InChI is InChI=1S/C9H18O2/c1-3-5-9(11)7(4-2)6-8(9)10/h7-8,10-11H,3-6H2,1-2H3/t7-,8+,9-/m0/s1. The van der Waals surface area contributed by atoms with Crippen molar-refractivity contribution in [3.8, 4) is 0 Å². The van der Waals surface area contributed by atoms with Gasteiger partial charge < -0.3 is 10.2 Å². The summed E-state index contributed by atoms with van der Waals surface area (Å²) in [4.78, 5) is 0. The highest BCUT2D eigenvalue weighted by molar-refractivity contribution is 5.02. The van der Waals surface area contributed by atoms with Gasteiger partial charge in [0.15, 0.2) is 0 Å². The molecule has 0 aromatic rings. The largest absolute Gasteiger partial charge is 0.390 e. The first-order valence-electron chi connectivity index (χ1n) is 4.55. The highest BCUT2D eigenvalue weighted by Crippen LogP contribution is 2.43. The van der Waals surface area contributed by atoms with Gasteiger partial charge in [0.1, 0.15) is 0 Å². The number of aliphatic hydroxyl groups excluding tert-OH is 1. The van der Waals surface area contributed by atoms with Gasteiger partial charge in [-0.15, -0.1) is 0 Å². The maximum absolute atomic E-state index is 9.89. The molecule has 0 amide bonds. The van der Waals surface area contributed by atoms with Crippen molar-refractivity contribution < 1.29 is 10.2 Å². The van der Waals surface area contributed by atoms with E-state index in [0.29, 0.717) is 5.92 Å². The van der Waals surface area contributed by atoms with Gasteiger partial charge in [-0.1, -0.05) is 26.7 Å². The van der Waals surface area contributed by atoms with Crippen LogP contribution < -0.4 is 0 Å². The molecule has 66 valence electrons. The number of aliphatic hydroxyl groups is 2. The van der Waals surface area contributed by atoms with Crippen molar-refractivity contribution in [3.63, 3.8) is 0 Å². The van der Waals surface area contributed by atoms with Gasteiger partial charge in [0, 0.05) is 0 Å². The zero-order chi connectivity index (χ0) is 8.48. The van der Waals surface area contributed by atoms with Crippen LogP contribution in [0.5, 0.6) is 0 Å². The first-order valence-corrected chi connectivity index (χ1v) is 4.55. The molecule has 3 atom stereocenters. The molecule has 2 nitrogen and oxygen atoms in total. The second kappa shape index (κ2) is 3.11. The summed E-state index contributed by atoms with van der Waals surface area (Å²) in [6.45, 7) is 4.10. The Morgan fingerprint density at radius 2 is 2.09 bits per heavy atom. The van der Waals surface area contributed by atoms with Gasteiger partial charge in [0.05, 0.1) is 11.7 Å². The molecule has 0 aromatic carbocycles. The summed E-state index contributed by atoms with van der Waals surface area (Å²) in [5.41, 5.74) is -0.747. The molecule has 0 bridgehead atoms. The Hall–Kier alpha value is -0.0800. The Morgan fingerprint density at radius 1 is 1.45 bits per heavy atom. The van der Waals surface area contributed by atoms with Gasteiger partial charge in [-0.25, -0.2) is 0 Å². The third kappa shape index (κ3) is 1.30. The normalized spacial score (nSPS) is 43.6. The third-order valence-electron chi connectivity index (χ3n) is 2.94. The lowest BCUT2D eigenvalue weighted by Gasteiger charge is -2.49. The monoisotopic (exact) mass is 158 g/mol. The van der Waals surface area contributed by atoms with Crippen LogP contribution in [0.1, 0.15) is 39.5 Å². The van der Waals surface area contributed by atoms with Crippen molar-refractivity contribution in [1.82, 2.24) is 0 Å². The highest BCUT2D eigenvalue weighted by Gasteiger charge is 2.51. The minimum atomic E-state index is -0.747. The Kier molecular flexibility index (Phi) is 2.55. The topological polar surface area (TPSA) is 40.5 Å². The summed E-state index contributed by atoms with van der Waals surface area (Å²) in [6.07, 6.45) is 2.99. The molecule has 1 saturated carbocycles. The van der Waals surface area contributed by atoms with Gasteiger partial charge >= 0.3 is 0 Å². The first-order chi connectivity index (χ1) is 5.15. The molecule has 0 heterocycles. The molecule has 2 heteroatoms. The van der Waals surface area contributed by atoms with E-state index in [4.69, 9.17) is 0 Å². The van der Waals surface area contributed by atoms with Crippen molar-refractivity contribution in [1.29, 1.82) is 0 Å². The molecular formula is C9H18O2. The fourth-order valence-electron chi connectivity index (χ4n) is 2.08. The lowest BCUT2D eigenvalue weighted by atomic mass is 9.63. The van der Waals surface area contributed by atoms with E-state index in [2.05, 4.69) is 6.92 Å². The van der Waals surface area contributed by atoms with Crippen LogP contribution in [-0.2, 0) is 0 Å². The molecule has 0 spiro atoms. The minimum absolute atomic E-state index is 0.331. The van der Waals surface area contributed by atoms with Crippen molar-refractivity contribution >= 4 is 0 Å². The Bertz CT molecular complexity index is 136. The summed E-state index contributed by atoms with van der Waals surface area (Å²) in [7, 11) is 0. The number of rotatable bonds is 3. The van der Waals surface area contributed by atoms with Crippen LogP contribution in [0.2, 0.25) is 0 Å². The Morgan fingerprint density at radius 3 is 2.45 bits per heavy atom. The van der Waals surface area contributed by atoms with Gasteiger partial charge in [-0.2, -0.15) is 0 Å². The molecule has 1 aliphatic carbocycles. The van der Waals surface area contributed by atoms with Crippen LogP contribution in [0.25, 0.3) is 0 Å². The van der Waals surface area contributed by atoms with E-state index in [1.807, 2.05) is 6.92 Å². The summed E-state index contributed by atoms with van der Waals surface area (Å²) in [5.74, 6) is 0.331. The predicted octanol–water partition coefficient (Wildman–Crippen LogP) is 1.31. The number of hydrogen-bond acceptors (Lipinski definition) is 2. The molecule has 0 unspecified atom stereocenters. The van der Waals surface area contributed by atoms with E-state index in [1.165, 1.54) is 0 Å². The first kappa shape index (κ1) is 9.01. The molecule has 0 aromatic heterocycles. The van der Waals surface area contributed by atoms with Gasteiger partial charge in [-0.3, -0.25) is 0 Å². The second-order valence-corrected chi connectivity index (χ2v) is 3.60. The zero-order valence-corrected chi connectivity index (χ0v) is 7.38. The van der Waals surface area contributed by atoms with Crippen LogP contribution in [0.4, 0.5) is 0 Å². The fraction of sp³-hybridized carbons (Fsp3) is 1.00. The molecule has 2 N–H and O–H groups in total. The van der Waals surface area contributed by atoms with Crippen LogP contribution >= 0.6 is 0 Å². The van der Waals surface area contributed by atoms with Gasteiger partial charge in [0.25, 0.3) is 0 Å².